The van der Waals surface area contributed by atoms with Crippen LogP contribution in [0.25, 0.3) is 10.4 Å². The number of aryl methyl sites for hydroxylation is 1. The van der Waals surface area contributed by atoms with Crippen LogP contribution < -0.4 is 5.73 Å². The number of thiophene rings is 1. The van der Waals surface area contributed by atoms with E-state index in [0.717, 1.165) is 21.6 Å². The maximum atomic E-state index is 11.9. The van der Waals surface area contributed by atoms with Gasteiger partial charge in [0.15, 0.2) is 0 Å². The predicted molar refractivity (Wildman–Crippen MR) is 89.3 cm³/mol. The minimum Gasteiger partial charge on any atom is -0.465 e. The number of methoxy groups -OCH3 is 1. The van der Waals surface area contributed by atoms with E-state index in [4.69, 9.17) is 22.1 Å². The van der Waals surface area contributed by atoms with Crippen molar-refractivity contribution in [2.45, 2.75) is 26.7 Å². The summed E-state index contributed by atoms with van der Waals surface area (Å²) in [5, 5.41) is 0.664. The van der Waals surface area contributed by atoms with Gasteiger partial charge in [-0.25, -0.2) is 4.79 Å². The van der Waals surface area contributed by atoms with Crippen LogP contribution in [0.3, 0.4) is 0 Å². The first kappa shape index (κ1) is 15.9. The minimum atomic E-state index is -0.398. The number of hydrogen-bond acceptors (Lipinski definition) is 4. The van der Waals surface area contributed by atoms with Gasteiger partial charge in [0.25, 0.3) is 0 Å². The van der Waals surface area contributed by atoms with Crippen LogP contribution in [0.15, 0.2) is 18.2 Å². The highest BCUT2D eigenvalue weighted by Crippen LogP contribution is 2.44. The highest BCUT2D eigenvalue weighted by Gasteiger charge is 2.24. The molecular weight excluding hydrogens is 306 g/mol. The molecule has 0 atom stereocenters. The molecule has 1 heterocycles. The Labute approximate surface area is 133 Å². The third-order valence-electron chi connectivity index (χ3n) is 3.38. The van der Waals surface area contributed by atoms with Crippen LogP contribution in [0.2, 0.25) is 5.02 Å². The van der Waals surface area contributed by atoms with Crippen LogP contribution in [0.4, 0.5) is 5.69 Å². The zero-order valence-electron chi connectivity index (χ0n) is 12.5. The summed E-state index contributed by atoms with van der Waals surface area (Å²) in [5.41, 5.74) is 9.78. The molecule has 0 radical (unpaired) electrons. The van der Waals surface area contributed by atoms with E-state index in [9.17, 15) is 4.79 Å². The Morgan fingerprint density at radius 1 is 1.38 bits per heavy atom. The molecule has 21 heavy (non-hydrogen) atoms. The third-order valence-corrected chi connectivity index (χ3v) is 4.85. The van der Waals surface area contributed by atoms with E-state index in [1.54, 1.807) is 0 Å². The molecule has 0 saturated heterocycles. The number of esters is 1. The van der Waals surface area contributed by atoms with Crippen molar-refractivity contribution < 1.29 is 9.53 Å². The van der Waals surface area contributed by atoms with E-state index in [-0.39, 0.29) is 5.92 Å². The van der Waals surface area contributed by atoms with E-state index in [1.807, 2.05) is 25.1 Å². The smallest absolute Gasteiger partial charge is 0.350 e. The van der Waals surface area contributed by atoms with E-state index >= 15 is 0 Å². The maximum Gasteiger partial charge on any atom is 0.350 e. The molecule has 2 N–H and O–H groups in total. The molecule has 0 aliphatic heterocycles. The number of benzene rings is 1. The summed E-state index contributed by atoms with van der Waals surface area (Å²) in [7, 11) is 1.36. The van der Waals surface area contributed by atoms with Crippen LogP contribution >= 0.6 is 22.9 Å². The molecule has 0 fully saturated rings. The van der Waals surface area contributed by atoms with Crippen LogP contribution in [0.5, 0.6) is 0 Å². The highest BCUT2D eigenvalue weighted by atomic mass is 35.5. The lowest BCUT2D eigenvalue weighted by atomic mass is 9.96. The fourth-order valence-corrected chi connectivity index (χ4v) is 3.86. The standard InChI is InChI=1S/C16H18ClNO2S/c1-8(2)12-13(18)15(16(19)20-4)21-14(12)11-7-10(17)6-5-9(11)3/h5-8H,18H2,1-4H3. The normalized spacial score (nSPS) is 11.0. The lowest BCUT2D eigenvalue weighted by molar-refractivity contribution is 0.0607. The average molecular weight is 324 g/mol. The van der Waals surface area contributed by atoms with Crippen molar-refractivity contribution in [3.8, 4) is 10.4 Å². The Kier molecular flexibility index (Phi) is 4.59. The molecule has 1 aromatic heterocycles. The van der Waals surface area contributed by atoms with E-state index in [2.05, 4.69) is 13.8 Å². The van der Waals surface area contributed by atoms with Gasteiger partial charge in [0.2, 0.25) is 0 Å². The Bertz CT molecular complexity index is 692. The van der Waals surface area contributed by atoms with Crippen LogP contribution in [0, 0.1) is 6.92 Å². The molecule has 5 heteroatoms. The fourth-order valence-electron chi connectivity index (χ4n) is 2.31. The number of ether oxygens (including phenoxy) is 1. The van der Waals surface area contributed by atoms with Gasteiger partial charge in [-0.1, -0.05) is 31.5 Å². The molecule has 2 aromatic rings. The first-order valence-electron chi connectivity index (χ1n) is 6.63. The molecule has 0 bridgehead atoms. The van der Waals surface area contributed by atoms with Crippen LogP contribution in [-0.2, 0) is 4.74 Å². The lowest BCUT2D eigenvalue weighted by Crippen LogP contribution is -2.03. The zero-order valence-corrected chi connectivity index (χ0v) is 14.1. The molecule has 0 spiro atoms. The number of rotatable bonds is 3. The summed E-state index contributed by atoms with van der Waals surface area (Å²) in [5.74, 6) is -0.196. The number of carbonyl (C=O) groups excluding carboxylic acids is 1. The summed E-state index contributed by atoms with van der Waals surface area (Å²) in [6.45, 7) is 6.13. The van der Waals surface area contributed by atoms with Gasteiger partial charge in [0.05, 0.1) is 12.8 Å². The molecule has 2 rings (SSSR count). The second-order valence-electron chi connectivity index (χ2n) is 5.19. The summed E-state index contributed by atoms with van der Waals surface area (Å²) < 4.78 is 4.82. The molecular formula is C16H18ClNO2S. The Morgan fingerprint density at radius 2 is 2.05 bits per heavy atom. The first-order valence-corrected chi connectivity index (χ1v) is 7.83. The van der Waals surface area contributed by atoms with Gasteiger partial charge in [-0.3, -0.25) is 0 Å². The number of anilines is 1. The van der Waals surface area contributed by atoms with E-state index in [1.165, 1.54) is 18.4 Å². The SMILES string of the molecule is COC(=O)c1sc(-c2cc(Cl)ccc2C)c(C(C)C)c1N. The second-order valence-corrected chi connectivity index (χ2v) is 6.65. The molecule has 0 aliphatic rings. The van der Waals surface area contributed by atoms with Crippen molar-refractivity contribution in [2.24, 2.45) is 0 Å². The Hall–Kier alpha value is -1.52. The Morgan fingerprint density at radius 3 is 2.62 bits per heavy atom. The monoisotopic (exact) mass is 323 g/mol. The van der Waals surface area contributed by atoms with Crippen molar-refractivity contribution in [3.05, 3.63) is 39.2 Å². The molecule has 112 valence electrons. The number of halogens is 1. The van der Waals surface area contributed by atoms with Gasteiger partial charge < -0.3 is 10.5 Å². The summed E-state index contributed by atoms with van der Waals surface area (Å²) in [6.07, 6.45) is 0. The van der Waals surface area contributed by atoms with Crippen molar-refractivity contribution in [1.29, 1.82) is 0 Å². The summed E-state index contributed by atoms with van der Waals surface area (Å²) in [4.78, 5) is 13.3. The van der Waals surface area contributed by atoms with Crippen molar-refractivity contribution >= 4 is 34.6 Å². The molecule has 0 aliphatic carbocycles. The van der Waals surface area contributed by atoms with E-state index in [0.29, 0.717) is 15.6 Å². The third kappa shape index (κ3) is 2.92. The first-order chi connectivity index (χ1) is 9.86. The molecule has 1 aromatic carbocycles. The van der Waals surface area contributed by atoms with Crippen LogP contribution in [-0.4, -0.2) is 13.1 Å². The molecule has 0 unspecified atom stereocenters. The topological polar surface area (TPSA) is 52.3 Å². The van der Waals surface area contributed by atoms with Crippen LogP contribution in [0.1, 0.15) is 40.6 Å². The van der Waals surface area contributed by atoms with Gasteiger partial charge >= 0.3 is 5.97 Å². The fraction of sp³-hybridized carbons (Fsp3) is 0.312. The number of nitrogen functional groups attached to an aromatic ring is 1. The van der Waals surface area contributed by atoms with Gasteiger partial charge in [0.1, 0.15) is 4.88 Å². The number of carbonyl (C=O) groups is 1. The summed E-state index contributed by atoms with van der Waals surface area (Å²) in [6, 6.07) is 5.73. The van der Waals surface area contributed by atoms with Crippen molar-refractivity contribution in [1.82, 2.24) is 0 Å². The zero-order chi connectivity index (χ0) is 15.7. The van der Waals surface area contributed by atoms with Gasteiger partial charge in [0, 0.05) is 9.90 Å². The summed E-state index contributed by atoms with van der Waals surface area (Å²) >= 11 is 7.48. The minimum absolute atomic E-state index is 0.202. The second kappa shape index (κ2) is 6.08. The van der Waals surface area contributed by atoms with Gasteiger partial charge in [-0.15, -0.1) is 11.3 Å². The quantitative estimate of drug-likeness (QED) is 0.820. The Balaban J connectivity index is 2.73. The van der Waals surface area contributed by atoms with Gasteiger partial charge in [-0.05, 0) is 41.7 Å². The lowest BCUT2D eigenvalue weighted by Gasteiger charge is -2.11. The van der Waals surface area contributed by atoms with Crippen molar-refractivity contribution in [2.75, 3.05) is 12.8 Å². The maximum absolute atomic E-state index is 11.9. The molecule has 0 saturated carbocycles. The van der Waals surface area contributed by atoms with Crippen molar-refractivity contribution in [3.63, 3.8) is 0 Å². The molecule has 0 amide bonds. The largest absolute Gasteiger partial charge is 0.465 e. The average Bonchev–Trinajstić information content (AvgIpc) is 2.78. The highest BCUT2D eigenvalue weighted by molar-refractivity contribution is 7.18. The van der Waals surface area contributed by atoms with E-state index < -0.39 is 5.97 Å². The number of nitrogens with two attached hydrogens (primary N) is 1. The predicted octanol–water partition coefficient (Wildman–Crippen LogP) is 4.87. The molecule has 3 nitrogen and oxygen atoms in total. The van der Waals surface area contributed by atoms with Gasteiger partial charge in [-0.2, -0.15) is 0 Å². The number of hydrogen-bond donors (Lipinski definition) is 1.